The van der Waals surface area contributed by atoms with Gasteiger partial charge in [-0.3, -0.25) is 4.98 Å². The summed E-state index contributed by atoms with van der Waals surface area (Å²) in [6, 6.07) is 11.2. The molecule has 2 aromatic rings. The molecule has 0 fully saturated rings. The average molecular weight is 223 g/mol. The first-order valence-electron chi connectivity index (χ1n) is 5.29. The van der Waals surface area contributed by atoms with Crippen molar-refractivity contribution < 1.29 is 0 Å². The predicted octanol–water partition coefficient (Wildman–Crippen LogP) is 2.75. The van der Waals surface area contributed by atoms with Gasteiger partial charge in [-0.2, -0.15) is 0 Å². The van der Waals surface area contributed by atoms with Crippen LogP contribution in [0.25, 0.3) is 6.08 Å². The topological polar surface area (TPSA) is 62.8 Å². The summed E-state index contributed by atoms with van der Waals surface area (Å²) >= 11 is 0. The Balaban J connectivity index is 2.18. The molecule has 0 unspecified atom stereocenters. The minimum Gasteiger partial charge on any atom is -0.398 e. The second kappa shape index (κ2) is 5.07. The van der Waals surface area contributed by atoms with E-state index in [1.807, 2.05) is 36.4 Å². The number of aromatic nitrogens is 1. The van der Waals surface area contributed by atoms with Crippen molar-refractivity contribution in [2.75, 3.05) is 5.73 Å². The molecule has 1 aromatic carbocycles. The summed E-state index contributed by atoms with van der Waals surface area (Å²) in [6.45, 7) is 0. The molecule has 0 bridgehead atoms. The smallest absolute Gasteiger partial charge is 0.0633 e. The van der Waals surface area contributed by atoms with Crippen molar-refractivity contribution in [3.63, 3.8) is 0 Å². The number of pyridine rings is 1. The SMILES string of the molecule is N=C(/C=C/c1cccnc1)c1ccccc1N. The minimum atomic E-state index is 0.395. The lowest BCUT2D eigenvalue weighted by Crippen LogP contribution is -1.99. The molecule has 84 valence electrons. The minimum absolute atomic E-state index is 0.395. The van der Waals surface area contributed by atoms with Gasteiger partial charge in [0.25, 0.3) is 0 Å². The molecule has 0 aliphatic carbocycles. The van der Waals surface area contributed by atoms with Crippen molar-refractivity contribution in [1.82, 2.24) is 4.98 Å². The molecule has 0 amide bonds. The molecule has 17 heavy (non-hydrogen) atoms. The van der Waals surface area contributed by atoms with Crippen LogP contribution in [0, 0.1) is 5.41 Å². The second-order valence-electron chi connectivity index (χ2n) is 3.62. The van der Waals surface area contributed by atoms with Crippen LogP contribution < -0.4 is 5.73 Å². The number of rotatable bonds is 3. The summed E-state index contributed by atoms with van der Waals surface area (Å²) in [4.78, 5) is 4.01. The standard InChI is InChI=1S/C14H13N3/c15-13-6-2-1-5-12(13)14(16)8-7-11-4-3-9-17-10-11/h1-10,16H,15H2/b8-7+,16-14?. The van der Waals surface area contributed by atoms with Gasteiger partial charge in [0.2, 0.25) is 0 Å². The fourth-order valence-corrected chi connectivity index (χ4v) is 1.49. The Bertz CT molecular complexity index is 544. The summed E-state index contributed by atoms with van der Waals surface area (Å²) in [5, 5.41) is 7.93. The molecule has 3 N–H and O–H groups in total. The first-order valence-corrected chi connectivity index (χ1v) is 5.29. The average Bonchev–Trinajstić information content (AvgIpc) is 2.38. The van der Waals surface area contributed by atoms with Crippen LogP contribution in [0.3, 0.4) is 0 Å². The Morgan fingerprint density at radius 1 is 1.18 bits per heavy atom. The van der Waals surface area contributed by atoms with Crippen molar-refractivity contribution in [2.45, 2.75) is 0 Å². The number of benzene rings is 1. The van der Waals surface area contributed by atoms with Gasteiger partial charge < -0.3 is 11.1 Å². The van der Waals surface area contributed by atoms with E-state index in [2.05, 4.69) is 4.98 Å². The van der Waals surface area contributed by atoms with Crippen molar-refractivity contribution in [3.8, 4) is 0 Å². The number of anilines is 1. The summed E-state index contributed by atoms with van der Waals surface area (Å²) < 4.78 is 0. The first kappa shape index (κ1) is 11.1. The Kier molecular flexibility index (Phi) is 3.31. The number of nitrogens with zero attached hydrogens (tertiary/aromatic N) is 1. The maximum atomic E-state index is 7.93. The maximum absolute atomic E-state index is 7.93. The lowest BCUT2D eigenvalue weighted by Gasteiger charge is -2.02. The van der Waals surface area contributed by atoms with Gasteiger partial charge in [-0.15, -0.1) is 0 Å². The van der Waals surface area contributed by atoms with E-state index in [-0.39, 0.29) is 0 Å². The van der Waals surface area contributed by atoms with Crippen LogP contribution in [0.4, 0.5) is 5.69 Å². The third-order valence-corrected chi connectivity index (χ3v) is 2.38. The highest BCUT2D eigenvalue weighted by Crippen LogP contribution is 2.12. The molecular weight excluding hydrogens is 210 g/mol. The fraction of sp³-hybridized carbons (Fsp3) is 0. The van der Waals surface area contributed by atoms with E-state index >= 15 is 0 Å². The normalized spacial score (nSPS) is 10.6. The molecule has 2 rings (SSSR count). The number of allylic oxidation sites excluding steroid dienone is 1. The zero-order chi connectivity index (χ0) is 12.1. The van der Waals surface area contributed by atoms with E-state index in [0.717, 1.165) is 11.1 Å². The monoisotopic (exact) mass is 223 g/mol. The molecule has 1 heterocycles. The lowest BCUT2D eigenvalue weighted by atomic mass is 10.1. The molecule has 0 radical (unpaired) electrons. The third-order valence-electron chi connectivity index (χ3n) is 2.38. The summed E-state index contributed by atoms with van der Waals surface area (Å²) in [5.41, 5.74) is 8.53. The number of nitrogens with one attached hydrogen (secondary N) is 1. The zero-order valence-corrected chi connectivity index (χ0v) is 9.30. The number of nitrogen functional groups attached to an aromatic ring is 1. The fourth-order valence-electron chi connectivity index (χ4n) is 1.49. The van der Waals surface area contributed by atoms with Crippen LogP contribution in [0.1, 0.15) is 11.1 Å². The van der Waals surface area contributed by atoms with Crippen molar-refractivity contribution in [3.05, 3.63) is 66.0 Å². The van der Waals surface area contributed by atoms with E-state index in [1.165, 1.54) is 0 Å². The van der Waals surface area contributed by atoms with Gasteiger partial charge in [0, 0.05) is 23.6 Å². The van der Waals surface area contributed by atoms with Crippen LogP contribution in [0.5, 0.6) is 0 Å². The molecule has 0 aliphatic heterocycles. The Morgan fingerprint density at radius 2 is 2.00 bits per heavy atom. The van der Waals surface area contributed by atoms with Gasteiger partial charge in [0.05, 0.1) is 5.71 Å². The number of hydrogen-bond acceptors (Lipinski definition) is 3. The van der Waals surface area contributed by atoms with Crippen LogP contribution in [0.2, 0.25) is 0 Å². The Labute approximate surface area is 100 Å². The van der Waals surface area contributed by atoms with Crippen LogP contribution in [-0.2, 0) is 0 Å². The van der Waals surface area contributed by atoms with Gasteiger partial charge >= 0.3 is 0 Å². The van der Waals surface area contributed by atoms with E-state index in [4.69, 9.17) is 11.1 Å². The quantitative estimate of drug-likeness (QED) is 0.620. The van der Waals surface area contributed by atoms with E-state index in [1.54, 1.807) is 24.5 Å². The lowest BCUT2D eigenvalue weighted by molar-refractivity contribution is 1.32. The van der Waals surface area contributed by atoms with Gasteiger partial charge in [-0.1, -0.05) is 30.3 Å². The molecule has 0 aliphatic rings. The summed E-state index contributed by atoms with van der Waals surface area (Å²) in [5.74, 6) is 0. The van der Waals surface area contributed by atoms with E-state index < -0.39 is 0 Å². The van der Waals surface area contributed by atoms with Crippen molar-refractivity contribution in [2.24, 2.45) is 0 Å². The molecular formula is C14H13N3. The number of para-hydroxylation sites is 1. The van der Waals surface area contributed by atoms with E-state index in [0.29, 0.717) is 11.4 Å². The molecule has 3 heteroatoms. The Morgan fingerprint density at radius 3 is 2.71 bits per heavy atom. The highest BCUT2D eigenvalue weighted by atomic mass is 14.6. The predicted molar refractivity (Wildman–Crippen MR) is 71.0 cm³/mol. The number of nitrogens with two attached hydrogens (primary N) is 1. The van der Waals surface area contributed by atoms with Crippen LogP contribution in [-0.4, -0.2) is 10.7 Å². The largest absolute Gasteiger partial charge is 0.398 e. The van der Waals surface area contributed by atoms with Crippen LogP contribution in [0.15, 0.2) is 54.9 Å². The molecule has 1 aromatic heterocycles. The van der Waals surface area contributed by atoms with E-state index in [9.17, 15) is 0 Å². The van der Waals surface area contributed by atoms with Gasteiger partial charge in [-0.25, -0.2) is 0 Å². The molecule has 0 saturated heterocycles. The van der Waals surface area contributed by atoms with Gasteiger partial charge in [0.15, 0.2) is 0 Å². The Hall–Kier alpha value is -2.42. The summed E-state index contributed by atoms with van der Waals surface area (Å²) in [7, 11) is 0. The zero-order valence-electron chi connectivity index (χ0n) is 9.30. The molecule has 0 saturated carbocycles. The van der Waals surface area contributed by atoms with Crippen LogP contribution >= 0.6 is 0 Å². The maximum Gasteiger partial charge on any atom is 0.0633 e. The summed E-state index contributed by atoms with van der Waals surface area (Å²) in [6.07, 6.45) is 7.04. The van der Waals surface area contributed by atoms with Gasteiger partial charge in [0.1, 0.15) is 0 Å². The molecule has 3 nitrogen and oxygen atoms in total. The highest BCUT2D eigenvalue weighted by molar-refractivity contribution is 6.11. The molecule has 0 atom stereocenters. The molecule has 0 spiro atoms. The van der Waals surface area contributed by atoms with Crippen molar-refractivity contribution in [1.29, 1.82) is 5.41 Å². The van der Waals surface area contributed by atoms with Crippen molar-refractivity contribution >= 4 is 17.5 Å². The third kappa shape index (κ3) is 2.78. The highest BCUT2D eigenvalue weighted by Gasteiger charge is 2.00. The second-order valence-corrected chi connectivity index (χ2v) is 3.62. The number of hydrogen-bond donors (Lipinski definition) is 2. The first-order chi connectivity index (χ1) is 8.27. The van der Waals surface area contributed by atoms with Gasteiger partial charge in [-0.05, 0) is 23.8 Å².